The summed E-state index contributed by atoms with van der Waals surface area (Å²) in [5, 5.41) is 0. The molecule has 0 unspecified atom stereocenters. The highest BCUT2D eigenvalue weighted by molar-refractivity contribution is 9.10. The van der Waals surface area contributed by atoms with Gasteiger partial charge in [-0.3, -0.25) is 0 Å². The maximum atomic E-state index is 13.4. The number of carbonyl (C=O) groups is 2. The van der Waals surface area contributed by atoms with Crippen molar-refractivity contribution in [3.05, 3.63) is 69.4 Å². The van der Waals surface area contributed by atoms with E-state index in [1.807, 2.05) is 0 Å². The lowest BCUT2D eigenvalue weighted by Gasteiger charge is -2.11. The van der Waals surface area contributed by atoms with Crippen LogP contribution >= 0.6 is 15.9 Å². The van der Waals surface area contributed by atoms with Crippen LogP contribution in [0.5, 0.6) is 0 Å². The summed E-state index contributed by atoms with van der Waals surface area (Å²) in [6, 6.07) is 10.6. The molecular weight excluding hydrogens is 487 g/mol. The highest BCUT2D eigenvalue weighted by Gasteiger charge is 2.19. The number of hydrogen-bond donors (Lipinski definition) is 0. The van der Waals surface area contributed by atoms with E-state index in [0.717, 1.165) is 19.3 Å². The fraction of sp³-hybridized carbons (Fsp3) is 0.481. The summed E-state index contributed by atoms with van der Waals surface area (Å²) in [7, 11) is 0. The second-order valence-electron chi connectivity index (χ2n) is 8.18. The first kappa shape index (κ1) is 27.0. The molecule has 0 radical (unpaired) electrons. The fourth-order valence-corrected chi connectivity index (χ4v) is 3.91. The van der Waals surface area contributed by atoms with Crippen LogP contribution in [0.2, 0.25) is 0 Å². The smallest absolute Gasteiger partial charge is 0.339 e. The van der Waals surface area contributed by atoms with Gasteiger partial charge in [-0.1, -0.05) is 92.8 Å². The molecule has 0 aliphatic carbocycles. The highest BCUT2D eigenvalue weighted by atomic mass is 79.9. The van der Waals surface area contributed by atoms with Gasteiger partial charge in [0, 0.05) is 10.0 Å². The number of esters is 2. The highest BCUT2D eigenvalue weighted by Crippen LogP contribution is 2.20. The summed E-state index contributed by atoms with van der Waals surface area (Å²) >= 11 is 3.31. The summed E-state index contributed by atoms with van der Waals surface area (Å²) in [4.78, 5) is 25.1. The number of hydrogen-bond acceptors (Lipinski definition) is 4. The maximum Gasteiger partial charge on any atom is 0.339 e. The van der Waals surface area contributed by atoms with E-state index in [1.54, 1.807) is 24.3 Å². The van der Waals surface area contributed by atoms with Crippen molar-refractivity contribution < 1.29 is 23.5 Å². The molecule has 0 aliphatic heterocycles. The molecule has 0 amide bonds. The molecule has 2 rings (SSSR count). The van der Waals surface area contributed by atoms with Crippen LogP contribution < -0.4 is 0 Å². The maximum absolute atomic E-state index is 13.4. The molecule has 2 aromatic rings. The van der Waals surface area contributed by atoms with Crippen molar-refractivity contribution in [2.75, 3.05) is 6.61 Å². The summed E-state index contributed by atoms with van der Waals surface area (Å²) in [6.45, 7) is 2.44. The molecule has 0 bridgehead atoms. The quantitative estimate of drug-likeness (QED) is 0.176. The molecule has 4 nitrogen and oxygen atoms in total. The molecule has 0 atom stereocenters. The Kier molecular flexibility index (Phi) is 12.8. The fourth-order valence-electron chi connectivity index (χ4n) is 3.55. The van der Waals surface area contributed by atoms with Crippen LogP contribution in [-0.4, -0.2) is 18.5 Å². The van der Waals surface area contributed by atoms with Crippen LogP contribution in [0, 0.1) is 5.82 Å². The second-order valence-corrected chi connectivity index (χ2v) is 9.03. The number of carbonyl (C=O) groups excluding carboxylic acids is 2. The van der Waals surface area contributed by atoms with Crippen LogP contribution in [0.1, 0.15) is 97.4 Å². The summed E-state index contributed by atoms with van der Waals surface area (Å²) < 4.78 is 24.8. The van der Waals surface area contributed by atoms with Gasteiger partial charge in [0.2, 0.25) is 0 Å². The van der Waals surface area contributed by atoms with E-state index in [0.29, 0.717) is 16.6 Å². The molecule has 0 saturated carbocycles. The van der Waals surface area contributed by atoms with Crippen molar-refractivity contribution in [1.29, 1.82) is 0 Å². The zero-order valence-corrected chi connectivity index (χ0v) is 21.0. The van der Waals surface area contributed by atoms with Gasteiger partial charge in [0.25, 0.3) is 0 Å². The van der Waals surface area contributed by atoms with Crippen molar-refractivity contribution in [3.8, 4) is 0 Å². The Morgan fingerprint density at radius 2 is 1.33 bits per heavy atom. The minimum absolute atomic E-state index is 0.112. The van der Waals surface area contributed by atoms with Gasteiger partial charge in [-0.15, -0.1) is 0 Å². The van der Waals surface area contributed by atoms with E-state index < -0.39 is 17.8 Å². The van der Waals surface area contributed by atoms with E-state index in [4.69, 9.17) is 9.47 Å². The molecule has 0 heterocycles. The Morgan fingerprint density at radius 3 is 1.94 bits per heavy atom. The van der Waals surface area contributed by atoms with Gasteiger partial charge in [0.05, 0.1) is 17.7 Å². The molecule has 0 aromatic heterocycles. The van der Waals surface area contributed by atoms with Crippen molar-refractivity contribution in [2.24, 2.45) is 0 Å². The number of halogens is 2. The van der Waals surface area contributed by atoms with Crippen molar-refractivity contribution in [3.63, 3.8) is 0 Å². The first-order valence-corrected chi connectivity index (χ1v) is 12.7. The first-order chi connectivity index (χ1) is 16.0. The van der Waals surface area contributed by atoms with E-state index in [-0.39, 0.29) is 17.7 Å². The third-order valence-electron chi connectivity index (χ3n) is 5.46. The summed E-state index contributed by atoms with van der Waals surface area (Å²) in [5.41, 5.74) is 0.815. The van der Waals surface area contributed by atoms with Crippen LogP contribution in [0.15, 0.2) is 46.9 Å². The van der Waals surface area contributed by atoms with Crippen LogP contribution in [0.3, 0.4) is 0 Å². The van der Waals surface area contributed by atoms with Gasteiger partial charge in [0.15, 0.2) is 0 Å². The lowest BCUT2D eigenvalue weighted by molar-refractivity contribution is 0.0435. The molecule has 33 heavy (non-hydrogen) atoms. The topological polar surface area (TPSA) is 52.6 Å². The van der Waals surface area contributed by atoms with E-state index in [1.165, 1.54) is 63.1 Å². The zero-order chi connectivity index (χ0) is 23.9. The Labute approximate surface area is 205 Å². The SMILES string of the molecule is CCCCCCCCCCCCOC(=O)c1ccccc1C(=O)OCc1cc(F)ccc1Br. The average molecular weight is 521 g/mol. The van der Waals surface area contributed by atoms with Crippen molar-refractivity contribution >= 4 is 27.9 Å². The van der Waals surface area contributed by atoms with Crippen LogP contribution in [-0.2, 0) is 16.1 Å². The van der Waals surface area contributed by atoms with E-state index in [2.05, 4.69) is 22.9 Å². The minimum atomic E-state index is -0.655. The van der Waals surface area contributed by atoms with Gasteiger partial charge in [-0.05, 0) is 36.8 Å². The largest absolute Gasteiger partial charge is 0.462 e. The Balaban J connectivity index is 1.73. The zero-order valence-electron chi connectivity index (χ0n) is 19.4. The van der Waals surface area contributed by atoms with Gasteiger partial charge in [0.1, 0.15) is 12.4 Å². The molecule has 0 N–H and O–H groups in total. The molecular formula is C27H34BrFO4. The molecule has 0 aliphatic rings. The van der Waals surface area contributed by atoms with E-state index >= 15 is 0 Å². The molecule has 6 heteroatoms. The van der Waals surface area contributed by atoms with Gasteiger partial charge >= 0.3 is 11.9 Å². The number of rotatable bonds is 15. The second kappa shape index (κ2) is 15.6. The third kappa shape index (κ3) is 10.1. The molecule has 0 saturated heterocycles. The van der Waals surface area contributed by atoms with Crippen molar-refractivity contribution in [1.82, 2.24) is 0 Å². The Morgan fingerprint density at radius 1 is 0.788 bits per heavy atom. The number of ether oxygens (including phenoxy) is 2. The summed E-state index contributed by atoms with van der Waals surface area (Å²) in [6.07, 6.45) is 12.0. The molecule has 0 fully saturated rings. The van der Waals surface area contributed by atoms with Crippen LogP contribution in [0.4, 0.5) is 4.39 Å². The predicted octanol–water partition coefficient (Wildman–Crippen LogP) is 8.02. The lowest BCUT2D eigenvalue weighted by atomic mass is 10.1. The monoisotopic (exact) mass is 520 g/mol. The van der Waals surface area contributed by atoms with E-state index in [9.17, 15) is 14.0 Å². The Bertz CT molecular complexity index is 884. The normalized spacial score (nSPS) is 10.8. The standard InChI is InChI=1S/C27H34BrFO4/c1-2-3-4-5-6-7-8-9-10-13-18-32-26(30)23-14-11-12-15-24(23)27(31)33-20-21-19-22(29)16-17-25(21)28/h11-12,14-17,19H,2-10,13,18,20H2,1H3. The molecule has 2 aromatic carbocycles. The van der Waals surface area contributed by atoms with Gasteiger partial charge in [-0.25, -0.2) is 14.0 Å². The van der Waals surface area contributed by atoms with Gasteiger partial charge in [-0.2, -0.15) is 0 Å². The molecule has 0 spiro atoms. The molecule has 180 valence electrons. The number of unbranched alkanes of at least 4 members (excludes halogenated alkanes) is 9. The first-order valence-electron chi connectivity index (χ1n) is 11.9. The lowest BCUT2D eigenvalue weighted by Crippen LogP contribution is -2.14. The summed E-state index contributed by atoms with van der Waals surface area (Å²) in [5.74, 6) is -1.61. The van der Waals surface area contributed by atoms with Gasteiger partial charge < -0.3 is 9.47 Å². The minimum Gasteiger partial charge on any atom is -0.462 e. The third-order valence-corrected chi connectivity index (χ3v) is 6.24. The Hall–Kier alpha value is -2.21. The van der Waals surface area contributed by atoms with Crippen LogP contribution in [0.25, 0.3) is 0 Å². The average Bonchev–Trinajstić information content (AvgIpc) is 2.82. The van der Waals surface area contributed by atoms with Crippen molar-refractivity contribution in [2.45, 2.75) is 77.7 Å². The predicted molar refractivity (Wildman–Crippen MR) is 132 cm³/mol. The number of benzene rings is 2.